The Morgan fingerprint density at radius 2 is 2.25 bits per heavy atom. The third-order valence-corrected chi connectivity index (χ3v) is 3.96. The molecule has 0 unspecified atom stereocenters. The van der Waals surface area contributed by atoms with Crippen LogP contribution in [0.1, 0.15) is 16.2 Å². The van der Waals surface area contributed by atoms with Crippen LogP contribution in [0.5, 0.6) is 0 Å². The van der Waals surface area contributed by atoms with Gasteiger partial charge in [0.05, 0.1) is 25.2 Å². The molecule has 108 valence electrons. The van der Waals surface area contributed by atoms with Gasteiger partial charge >= 0.3 is 0 Å². The van der Waals surface area contributed by atoms with Crippen molar-refractivity contribution in [2.45, 2.75) is 13.0 Å². The van der Waals surface area contributed by atoms with E-state index in [1.807, 2.05) is 6.92 Å². The van der Waals surface area contributed by atoms with Crippen molar-refractivity contribution < 1.29 is 14.3 Å². The van der Waals surface area contributed by atoms with Crippen LogP contribution in [0.4, 0.5) is 0 Å². The second-order valence-electron chi connectivity index (χ2n) is 5.48. The second kappa shape index (κ2) is 4.90. The summed E-state index contributed by atoms with van der Waals surface area (Å²) in [6.45, 7) is 3.59. The van der Waals surface area contributed by atoms with Crippen LogP contribution in [0.15, 0.2) is 6.07 Å². The third-order valence-electron chi connectivity index (χ3n) is 3.96. The molecule has 1 N–H and O–H groups in total. The summed E-state index contributed by atoms with van der Waals surface area (Å²) >= 11 is 0. The Kier molecular flexibility index (Phi) is 3.21. The fourth-order valence-corrected chi connectivity index (χ4v) is 2.75. The zero-order valence-electron chi connectivity index (χ0n) is 11.6. The molecule has 2 aliphatic rings. The Morgan fingerprint density at radius 1 is 1.45 bits per heavy atom. The van der Waals surface area contributed by atoms with Crippen molar-refractivity contribution >= 4 is 11.8 Å². The van der Waals surface area contributed by atoms with E-state index in [1.54, 1.807) is 22.9 Å². The fraction of sp³-hybridized carbons (Fsp3) is 0.615. The number of aromatic nitrogens is 2. The summed E-state index contributed by atoms with van der Waals surface area (Å²) in [5.74, 6) is -0.355. The first-order chi connectivity index (χ1) is 9.56. The first kappa shape index (κ1) is 13.1. The predicted octanol–water partition coefficient (Wildman–Crippen LogP) is -0.353. The van der Waals surface area contributed by atoms with Crippen molar-refractivity contribution in [3.63, 3.8) is 0 Å². The molecule has 2 saturated heterocycles. The van der Waals surface area contributed by atoms with E-state index in [2.05, 4.69) is 10.2 Å². The average molecular weight is 278 g/mol. The summed E-state index contributed by atoms with van der Waals surface area (Å²) in [4.78, 5) is 28.1. The maximum atomic E-state index is 12.5. The number of rotatable bonds is 1. The number of aryl methyl sites for hydroxylation is 1. The quantitative estimate of drug-likeness (QED) is 0.761. The minimum Gasteiger partial charge on any atom is -0.378 e. The van der Waals surface area contributed by atoms with Crippen LogP contribution in [0.3, 0.4) is 0 Å². The largest absolute Gasteiger partial charge is 0.378 e. The standard InChI is InChI=1S/C13H18N4O3/c1-8-3-11(15-14-8)13(19)17-4-9-6-20-7-10(5-17)16(2)12(9)18/h3,9-10H,4-7H2,1-2H3,(H,14,15)/t9-,10+/m1/s1. The number of likely N-dealkylation sites (N-methyl/N-ethyl adjacent to an activating group) is 1. The smallest absolute Gasteiger partial charge is 0.274 e. The van der Waals surface area contributed by atoms with Gasteiger partial charge in [0.1, 0.15) is 5.69 Å². The molecule has 0 radical (unpaired) electrons. The molecular formula is C13H18N4O3. The highest BCUT2D eigenvalue weighted by Crippen LogP contribution is 2.20. The van der Waals surface area contributed by atoms with E-state index in [9.17, 15) is 9.59 Å². The highest BCUT2D eigenvalue weighted by Gasteiger charge is 2.39. The predicted molar refractivity (Wildman–Crippen MR) is 70.1 cm³/mol. The molecule has 20 heavy (non-hydrogen) atoms. The van der Waals surface area contributed by atoms with Crippen molar-refractivity contribution in [3.8, 4) is 0 Å². The molecule has 2 amide bonds. The molecule has 0 aliphatic carbocycles. The van der Waals surface area contributed by atoms with Gasteiger partial charge in [-0.3, -0.25) is 14.7 Å². The van der Waals surface area contributed by atoms with E-state index in [-0.39, 0.29) is 23.8 Å². The highest BCUT2D eigenvalue weighted by atomic mass is 16.5. The monoisotopic (exact) mass is 278 g/mol. The van der Waals surface area contributed by atoms with Crippen LogP contribution in [0.2, 0.25) is 0 Å². The van der Waals surface area contributed by atoms with Gasteiger partial charge in [-0.25, -0.2) is 0 Å². The first-order valence-electron chi connectivity index (χ1n) is 6.72. The summed E-state index contributed by atoms with van der Waals surface area (Å²) in [7, 11) is 1.78. The lowest BCUT2D eigenvalue weighted by Crippen LogP contribution is -2.45. The number of ether oxygens (including phenoxy) is 1. The summed E-state index contributed by atoms with van der Waals surface area (Å²) in [5, 5.41) is 6.78. The molecule has 0 saturated carbocycles. The zero-order chi connectivity index (χ0) is 14.3. The summed E-state index contributed by atoms with van der Waals surface area (Å²) in [5.41, 5.74) is 1.25. The zero-order valence-corrected chi connectivity index (χ0v) is 11.6. The summed E-state index contributed by atoms with van der Waals surface area (Å²) < 4.78 is 5.52. The fourth-order valence-electron chi connectivity index (χ4n) is 2.75. The van der Waals surface area contributed by atoms with Gasteiger partial charge < -0.3 is 14.5 Å². The van der Waals surface area contributed by atoms with E-state index in [0.29, 0.717) is 32.0 Å². The number of carbonyl (C=O) groups is 2. The van der Waals surface area contributed by atoms with Crippen LogP contribution < -0.4 is 0 Å². The van der Waals surface area contributed by atoms with Crippen LogP contribution >= 0.6 is 0 Å². The minimum absolute atomic E-state index is 0.0565. The number of fused-ring (bicyclic) bond motifs is 3. The number of amides is 2. The van der Waals surface area contributed by atoms with E-state index in [1.165, 1.54) is 0 Å². The van der Waals surface area contributed by atoms with Gasteiger partial charge in [0.2, 0.25) is 5.91 Å². The molecule has 3 rings (SSSR count). The molecule has 3 heterocycles. The normalized spacial score (nSPS) is 26.6. The second-order valence-corrected chi connectivity index (χ2v) is 5.48. The summed E-state index contributed by atoms with van der Waals surface area (Å²) in [6, 6.07) is 1.64. The molecule has 0 aromatic carbocycles. The van der Waals surface area contributed by atoms with Gasteiger partial charge in [0.15, 0.2) is 0 Å². The number of nitrogens with zero attached hydrogens (tertiary/aromatic N) is 3. The molecule has 7 heteroatoms. The number of nitrogens with one attached hydrogen (secondary N) is 1. The third kappa shape index (κ3) is 2.18. The SMILES string of the molecule is Cc1cc(C(=O)N2C[C@@H]3COC[C@H](C2)N(C)C3=O)n[nH]1. The number of hydrogen-bond donors (Lipinski definition) is 1. The number of H-pyrrole nitrogens is 1. The van der Waals surface area contributed by atoms with Gasteiger partial charge in [-0.1, -0.05) is 0 Å². The molecule has 0 spiro atoms. The lowest BCUT2D eigenvalue weighted by atomic mass is 10.1. The van der Waals surface area contributed by atoms with Crippen molar-refractivity contribution in [2.24, 2.45) is 5.92 Å². The van der Waals surface area contributed by atoms with Crippen LogP contribution in [0.25, 0.3) is 0 Å². The lowest BCUT2D eigenvalue weighted by molar-refractivity contribution is -0.133. The van der Waals surface area contributed by atoms with Gasteiger partial charge in [-0.05, 0) is 13.0 Å². The van der Waals surface area contributed by atoms with Crippen molar-refractivity contribution in [1.82, 2.24) is 20.0 Å². The van der Waals surface area contributed by atoms with Crippen LogP contribution in [-0.4, -0.2) is 71.2 Å². The Balaban J connectivity index is 1.85. The van der Waals surface area contributed by atoms with E-state index < -0.39 is 0 Å². The van der Waals surface area contributed by atoms with Crippen molar-refractivity contribution in [1.29, 1.82) is 0 Å². The van der Waals surface area contributed by atoms with Gasteiger partial charge in [-0.15, -0.1) is 0 Å². The number of aromatic amines is 1. The first-order valence-corrected chi connectivity index (χ1v) is 6.72. The van der Waals surface area contributed by atoms with Crippen molar-refractivity contribution in [2.75, 3.05) is 33.4 Å². The molecule has 2 aliphatic heterocycles. The average Bonchev–Trinajstić information content (AvgIpc) is 2.74. The van der Waals surface area contributed by atoms with Gasteiger partial charge in [0.25, 0.3) is 5.91 Å². The van der Waals surface area contributed by atoms with E-state index in [4.69, 9.17) is 4.74 Å². The Bertz CT molecular complexity index is 541. The molecule has 1 aromatic heterocycles. The van der Waals surface area contributed by atoms with Crippen molar-refractivity contribution in [3.05, 3.63) is 17.5 Å². The Morgan fingerprint density at radius 3 is 2.95 bits per heavy atom. The molecule has 2 atom stereocenters. The molecule has 1 aromatic rings. The number of carbonyl (C=O) groups excluding carboxylic acids is 2. The topological polar surface area (TPSA) is 78.5 Å². The van der Waals surface area contributed by atoms with Crippen LogP contribution in [-0.2, 0) is 9.53 Å². The summed E-state index contributed by atoms with van der Waals surface area (Å²) in [6.07, 6.45) is 0. The Labute approximate surface area is 116 Å². The van der Waals surface area contributed by atoms with Gasteiger partial charge in [0, 0.05) is 25.8 Å². The maximum absolute atomic E-state index is 12.5. The Hall–Kier alpha value is -1.89. The van der Waals surface area contributed by atoms with E-state index in [0.717, 1.165) is 5.69 Å². The van der Waals surface area contributed by atoms with Crippen LogP contribution in [0, 0.1) is 12.8 Å². The van der Waals surface area contributed by atoms with E-state index >= 15 is 0 Å². The molecular weight excluding hydrogens is 260 g/mol. The number of hydrogen-bond acceptors (Lipinski definition) is 4. The lowest BCUT2D eigenvalue weighted by Gasteiger charge is -2.28. The molecule has 7 nitrogen and oxygen atoms in total. The molecule has 2 fully saturated rings. The minimum atomic E-state index is -0.281. The maximum Gasteiger partial charge on any atom is 0.274 e. The molecule has 2 bridgehead atoms. The van der Waals surface area contributed by atoms with Gasteiger partial charge in [-0.2, -0.15) is 5.10 Å². The highest BCUT2D eigenvalue weighted by molar-refractivity contribution is 5.93.